The Bertz CT molecular complexity index is 622. The highest BCUT2D eigenvalue weighted by atomic mass is 16.6. The summed E-state index contributed by atoms with van der Waals surface area (Å²) in [5.41, 5.74) is 0.590. The Hall–Kier alpha value is -2.14. The summed E-state index contributed by atoms with van der Waals surface area (Å²) in [6.45, 7) is 3.92. The molecular weight excluding hydrogens is 280 g/mol. The lowest BCUT2D eigenvalue weighted by Crippen LogP contribution is -2.18. The van der Waals surface area contributed by atoms with E-state index in [0.717, 1.165) is 12.3 Å². The van der Waals surface area contributed by atoms with E-state index in [4.69, 9.17) is 4.42 Å². The second-order valence-corrected chi connectivity index (χ2v) is 5.49. The maximum Gasteiger partial charge on any atom is 0.280 e. The minimum absolute atomic E-state index is 0.0692. The Balaban J connectivity index is 2.07. The molecule has 0 aliphatic rings. The highest BCUT2D eigenvalue weighted by Crippen LogP contribution is 2.31. The standard InChI is InChI=1S/C17H22N2O3/c1-3-4-7-12-18(2)13-14-10-11-17(22-14)15-8-5-6-9-16(15)19(20)21/h5-6,8-11H,3-4,7,12-13H2,1-2H3. The maximum absolute atomic E-state index is 11.1. The van der Waals surface area contributed by atoms with Gasteiger partial charge in [-0.3, -0.25) is 15.0 Å². The molecule has 0 amide bonds. The van der Waals surface area contributed by atoms with E-state index in [9.17, 15) is 10.1 Å². The first-order valence-corrected chi connectivity index (χ1v) is 7.63. The number of hydrogen-bond acceptors (Lipinski definition) is 4. The summed E-state index contributed by atoms with van der Waals surface area (Å²) in [7, 11) is 2.06. The number of nitro benzene ring substituents is 1. The van der Waals surface area contributed by atoms with Crippen molar-refractivity contribution in [2.75, 3.05) is 13.6 Å². The van der Waals surface area contributed by atoms with Crippen LogP contribution in [0.25, 0.3) is 11.3 Å². The fraction of sp³-hybridized carbons (Fsp3) is 0.412. The minimum atomic E-state index is -0.381. The van der Waals surface area contributed by atoms with Crippen LogP contribution in [0.3, 0.4) is 0 Å². The molecule has 5 nitrogen and oxygen atoms in total. The van der Waals surface area contributed by atoms with Crippen molar-refractivity contribution >= 4 is 5.69 Å². The first-order chi connectivity index (χ1) is 10.6. The first kappa shape index (κ1) is 16.2. The number of hydrogen-bond donors (Lipinski definition) is 0. The lowest BCUT2D eigenvalue weighted by Gasteiger charge is -2.14. The fourth-order valence-electron chi connectivity index (χ4n) is 2.43. The summed E-state index contributed by atoms with van der Waals surface area (Å²) in [4.78, 5) is 12.9. The van der Waals surface area contributed by atoms with Crippen molar-refractivity contribution in [1.29, 1.82) is 0 Å². The van der Waals surface area contributed by atoms with Gasteiger partial charge in [0.25, 0.3) is 5.69 Å². The van der Waals surface area contributed by atoms with Gasteiger partial charge in [0.15, 0.2) is 0 Å². The zero-order valence-corrected chi connectivity index (χ0v) is 13.1. The summed E-state index contributed by atoms with van der Waals surface area (Å²) < 4.78 is 5.79. The Kier molecular flexibility index (Phi) is 5.72. The minimum Gasteiger partial charge on any atom is -0.459 e. The average Bonchev–Trinajstić information content (AvgIpc) is 2.95. The summed E-state index contributed by atoms with van der Waals surface area (Å²) in [6.07, 6.45) is 3.60. The molecule has 0 fully saturated rings. The normalized spacial score (nSPS) is 11.0. The highest BCUT2D eigenvalue weighted by Gasteiger charge is 2.17. The third-order valence-electron chi connectivity index (χ3n) is 3.60. The second kappa shape index (κ2) is 7.75. The molecule has 118 valence electrons. The van der Waals surface area contributed by atoms with Crippen LogP contribution < -0.4 is 0 Å². The van der Waals surface area contributed by atoms with Crippen LogP contribution >= 0.6 is 0 Å². The van der Waals surface area contributed by atoms with Gasteiger partial charge in [-0.15, -0.1) is 0 Å². The molecule has 0 spiro atoms. The van der Waals surface area contributed by atoms with Crippen LogP contribution in [-0.2, 0) is 6.54 Å². The van der Waals surface area contributed by atoms with Gasteiger partial charge >= 0.3 is 0 Å². The molecule has 1 heterocycles. The lowest BCUT2D eigenvalue weighted by molar-refractivity contribution is -0.384. The zero-order chi connectivity index (χ0) is 15.9. The van der Waals surface area contributed by atoms with Gasteiger partial charge in [-0.05, 0) is 38.2 Å². The van der Waals surface area contributed by atoms with E-state index in [1.165, 1.54) is 25.3 Å². The van der Waals surface area contributed by atoms with Gasteiger partial charge < -0.3 is 4.42 Å². The molecule has 2 aromatic rings. The number of rotatable bonds is 8. The van der Waals surface area contributed by atoms with Crippen LogP contribution in [0.5, 0.6) is 0 Å². The van der Waals surface area contributed by atoms with E-state index in [-0.39, 0.29) is 10.6 Å². The summed E-state index contributed by atoms with van der Waals surface area (Å²) >= 11 is 0. The van der Waals surface area contributed by atoms with E-state index in [1.807, 2.05) is 6.07 Å². The van der Waals surface area contributed by atoms with Gasteiger partial charge in [-0.1, -0.05) is 31.9 Å². The predicted octanol–water partition coefficient (Wildman–Crippen LogP) is 4.48. The SMILES string of the molecule is CCCCCN(C)Cc1ccc(-c2ccccc2[N+](=O)[O-])o1. The molecule has 1 aromatic heterocycles. The van der Waals surface area contributed by atoms with Gasteiger partial charge in [0, 0.05) is 6.07 Å². The average molecular weight is 302 g/mol. The van der Waals surface area contributed by atoms with Crippen LogP contribution in [0, 0.1) is 10.1 Å². The van der Waals surface area contributed by atoms with Crippen molar-refractivity contribution in [3.05, 3.63) is 52.3 Å². The molecule has 0 atom stereocenters. The number of para-hydroxylation sites is 1. The summed E-state index contributed by atoms with van der Waals surface area (Å²) in [5.74, 6) is 1.37. The monoisotopic (exact) mass is 302 g/mol. The molecule has 0 unspecified atom stereocenters. The third-order valence-corrected chi connectivity index (χ3v) is 3.60. The zero-order valence-electron chi connectivity index (χ0n) is 13.1. The fourth-order valence-corrected chi connectivity index (χ4v) is 2.43. The van der Waals surface area contributed by atoms with Crippen LogP contribution in [-0.4, -0.2) is 23.4 Å². The van der Waals surface area contributed by atoms with Crippen molar-refractivity contribution in [3.63, 3.8) is 0 Å². The summed E-state index contributed by atoms with van der Waals surface area (Å²) in [5, 5.41) is 11.1. The number of benzene rings is 1. The molecule has 22 heavy (non-hydrogen) atoms. The van der Waals surface area contributed by atoms with Crippen LogP contribution in [0.2, 0.25) is 0 Å². The van der Waals surface area contributed by atoms with Crippen molar-refractivity contribution in [2.24, 2.45) is 0 Å². The van der Waals surface area contributed by atoms with E-state index in [1.54, 1.807) is 24.3 Å². The molecule has 0 N–H and O–H groups in total. The predicted molar refractivity (Wildman–Crippen MR) is 86.7 cm³/mol. The topological polar surface area (TPSA) is 59.5 Å². The van der Waals surface area contributed by atoms with Crippen molar-refractivity contribution in [2.45, 2.75) is 32.7 Å². The van der Waals surface area contributed by atoms with E-state index in [0.29, 0.717) is 17.9 Å². The highest BCUT2D eigenvalue weighted by molar-refractivity contribution is 5.69. The molecular formula is C17H22N2O3. The number of nitro groups is 1. The second-order valence-electron chi connectivity index (χ2n) is 5.49. The quantitative estimate of drug-likeness (QED) is 0.410. The largest absolute Gasteiger partial charge is 0.459 e. The van der Waals surface area contributed by atoms with Gasteiger partial charge in [0.2, 0.25) is 0 Å². The maximum atomic E-state index is 11.1. The molecule has 1 aromatic carbocycles. The Morgan fingerprint density at radius 3 is 2.68 bits per heavy atom. The van der Waals surface area contributed by atoms with Crippen molar-refractivity contribution in [1.82, 2.24) is 4.90 Å². The van der Waals surface area contributed by atoms with Crippen LogP contribution in [0.15, 0.2) is 40.8 Å². The Morgan fingerprint density at radius 1 is 1.18 bits per heavy atom. The molecule has 0 aliphatic heterocycles. The summed E-state index contributed by atoms with van der Waals surface area (Å²) in [6, 6.07) is 10.3. The van der Waals surface area contributed by atoms with Crippen molar-refractivity contribution in [3.8, 4) is 11.3 Å². The van der Waals surface area contributed by atoms with Crippen molar-refractivity contribution < 1.29 is 9.34 Å². The van der Waals surface area contributed by atoms with Gasteiger partial charge in [-0.25, -0.2) is 0 Å². The third kappa shape index (κ3) is 4.18. The number of nitrogens with zero attached hydrogens (tertiary/aromatic N) is 2. The van der Waals surface area contributed by atoms with E-state index in [2.05, 4.69) is 18.9 Å². The molecule has 5 heteroatoms. The Morgan fingerprint density at radius 2 is 1.95 bits per heavy atom. The van der Waals surface area contributed by atoms with Crippen LogP contribution in [0.1, 0.15) is 31.9 Å². The first-order valence-electron chi connectivity index (χ1n) is 7.63. The molecule has 2 rings (SSSR count). The molecule has 0 saturated heterocycles. The molecule has 0 bridgehead atoms. The van der Waals surface area contributed by atoms with Gasteiger partial charge in [-0.2, -0.15) is 0 Å². The van der Waals surface area contributed by atoms with Gasteiger partial charge in [0.1, 0.15) is 11.5 Å². The Labute approximate surface area is 130 Å². The van der Waals surface area contributed by atoms with E-state index < -0.39 is 0 Å². The van der Waals surface area contributed by atoms with Gasteiger partial charge in [0.05, 0.1) is 17.0 Å². The smallest absolute Gasteiger partial charge is 0.280 e. The molecule has 0 aliphatic carbocycles. The molecule has 0 radical (unpaired) electrons. The number of unbranched alkanes of at least 4 members (excludes halogenated alkanes) is 2. The number of furan rings is 1. The molecule has 0 saturated carbocycles. The van der Waals surface area contributed by atoms with Crippen LogP contribution in [0.4, 0.5) is 5.69 Å². The lowest BCUT2D eigenvalue weighted by atomic mass is 10.1. The van der Waals surface area contributed by atoms with E-state index >= 15 is 0 Å².